The zero-order valence-corrected chi connectivity index (χ0v) is 19.4. The van der Waals surface area contributed by atoms with E-state index in [1.807, 2.05) is 49.4 Å². The number of carbonyl (C=O) groups is 2. The molecule has 0 atom stereocenters. The third-order valence-corrected chi connectivity index (χ3v) is 5.11. The van der Waals surface area contributed by atoms with Gasteiger partial charge in [0.2, 0.25) is 0 Å². The molecule has 3 aromatic carbocycles. The lowest BCUT2D eigenvalue weighted by Gasteiger charge is -2.14. The van der Waals surface area contributed by atoms with Gasteiger partial charge < -0.3 is 24.8 Å². The first-order valence-electron chi connectivity index (χ1n) is 11.1. The minimum absolute atomic E-state index is 0.254. The predicted molar refractivity (Wildman–Crippen MR) is 135 cm³/mol. The normalized spacial score (nSPS) is 10.5. The molecule has 0 aliphatic carbocycles. The fourth-order valence-corrected chi connectivity index (χ4v) is 3.48. The van der Waals surface area contributed by atoms with Gasteiger partial charge in [0, 0.05) is 22.7 Å². The summed E-state index contributed by atoms with van der Waals surface area (Å²) >= 11 is 0. The van der Waals surface area contributed by atoms with E-state index in [1.165, 1.54) is 7.11 Å². The summed E-state index contributed by atoms with van der Waals surface area (Å²) in [5, 5.41) is 6.26. The van der Waals surface area contributed by atoms with E-state index in [1.54, 1.807) is 36.4 Å². The number of benzene rings is 3. The fraction of sp³-hybridized carbons (Fsp3) is 0.148. The first-order chi connectivity index (χ1) is 17.1. The topological polar surface area (TPSA) is 98.8 Å². The maximum Gasteiger partial charge on any atom is 0.343 e. The second kappa shape index (κ2) is 11.0. The highest BCUT2D eigenvalue weighted by Crippen LogP contribution is 2.32. The van der Waals surface area contributed by atoms with E-state index in [9.17, 15) is 9.59 Å². The van der Waals surface area contributed by atoms with Crippen LogP contribution in [0.15, 0.2) is 78.9 Å². The number of amides is 2. The van der Waals surface area contributed by atoms with Crippen LogP contribution in [0.5, 0.6) is 11.5 Å². The number of hydrogen-bond donors (Lipinski definition) is 2. The quantitative estimate of drug-likeness (QED) is 0.330. The van der Waals surface area contributed by atoms with E-state index >= 15 is 0 Å². The Morgan fingerprint density at radius 2 is 1.63 bits per heavy atom. The SMILES string of the molecule is CCOc1ccccc1NC(=O)Nc1ccc2nc(-c3ccccc3)cc(OCC(=O)OC)c2c1. The minimum atomic E-state index is -0.502. The maximum absolute atomic E-state index is 12.7. The van der Waals surface area contributed by atoms with Crippen LogP contribution in [0.1, 0.15) is 6.92 Å². The Hall–Kier alpha value is -4.59. The fourth-order valence-electron chi connectivity index (χ4n) is 3.48. The third-order valence-electron chi connectivity index (χ3n) is 5.11. The molecule has 1 heterocycles. The van der Waals surface area contributed by atoms with Crippen molar-refractivity contribution in [2.45, 2.75) is 6.92 Å². The molecule has 2 amide bonds. The van der Waals surface area contributed by atoms with Crippen molar-refractivity contribution in [2.75, 3.05) is 31.0 Å². The van der Waals surface area contributed by atoms with Gasteiger partial charge in [0.25, 0.3) is 0 Å². The van der Waals surface area contributed by atoms with Crippen LogP contribution in [0.3, 0.4) is 0 Å². The number of aromatic nitrogens is 1. The number of rotatable bonds is 8. The predicted octanol–water partition coefficient (Wildman–Crippen LogP) is 5.50. The number of nitrogens with zero attached hydrogens (tertiary/aromatic N) is 1. The van der Waals surface area contributed by atoms with Crippen molar-refractivity contribution < 1.29 is 23.8 Å². The minimum Gasteiger partial charge on any atom is -0.492 e. The Kier molecular flexibility index (Phi) is 7.42. The molecule has 0 radical (unpaired) electrons. The van der Waals surface area contributed by atoms with Crippen LogP contribution >= 0.6 is 0 Å². The zero-order chi connectivity index (χ0) is 24.6. The van der Waals surface area contributed by atoms with E-state index in [0.717, 1.165) is 5.56 Å². The van der Waals surface area contributed by atoms with Gasteiger partial charge in [-0.15, -0.1) is 0 Å². The molecular formula is C27H25N3O5. The van der Waals surface area contributed by atoms with Gasteiger partial charge in [-0.2, -0.15) is 0 Å². The van der Waals surface area contributed by atoms with Crippen LogP contribution < -0.4 is 20.1 Å². The second-order valence-corrected chi connectivity index (χ2v) is 7.48. The molecule has 0 fully saturated rings. The number of carbonyl (C=O) groups excluding carboxylic acids is 2. The largest absolute Gasteiger partial charge is 0.492 e. The van der Waals surface area contributed by atoms with Gasteiger partial charge in [0.1, 0.15) is 11.5 Å². The molecule has 2 N–H and O–H groups in total. The van der Waals surface area contributed by atoms with Crippen molar-refractivity contribution >= 4 is 34.3 Å². The van der Waals surface area contributed by atoms with Crippen molar-refractivity contribution in [3.8, 4) is 22.8 Å². The molecule has 0 aliphatic heterocycles. The number of anilines is 2. The summed E-state index contributed by atoms with van der Waals surface area (Å²) in [6.45, 7) is 2.11. The summed E-state index contributed by atoms with van der Waals surface area (Å²) in [7, 11) is 1.30. The lowest BCUT2D eigenvalue weighted by molar-refractivity contribution is -0.142. The summed E-state index contributed by atoms with van der Waals surface area (Å²) in [6.07, 6.45) is 0. The van der Waals surface area contributed by atoms with Crippen LogP contribution in [0, 0.1) is 0 Å². The number of urea groups is 1. The van der Waals surface area contributed by atoms with Crippen LogP contribution in [0.25, 0.3) is 22.2 Å². The van der Waals surface area contributed by atoms with Gasteiger partial charge in [-0.3, -0.25) is 0 Å². The Balaban J connectivity index is 1.62. The van der Waals surface area contributed by atoms with Crippen LogP contribution in [-0.2, 0) is 9.53 Å². The highest BCUT2D eigenvalue weighted by molar-refractivity contribution is 6.02. The average Bonchev–Trinajstić information content (AvgIpc) is 2.88. The van der Waals surface area contributed by atoms with Gasteiger partial charge in [0.05, 0.1) is 30.6 Å². The van der Waals surface area contributed by atoms with Crippen molar-refractivity contribution in [2.24, 2.45) is 0 Å². The molecule has 4 rings (SSSR count). The Bertz CT molecular complexity index is 1340. The summed E-state index contributed by atoms with van der Waals surface area (Å²) in [5.41, 5.74) is 3.35. The molecule has 1 aromatic heterocycles. The number of nitrogens with one attached hydrogen (secondary N) is 2. The molecule has 0 saturated carbocycles. The Labute approximate surface area is 202 Å². The summed E-state index contributed by atoms with van der Waals surface area (Å²) in [6, 6.07) is 23.5. The molecule has 4 aromatic rings. The molecular weight excluding hydrogens is 446 g/mol. The van der Waals surface area contributed by atoms with E-state index in [-0.39, 0.29) is 6.61 Å². The number of pyridine rings is 1. The standard InChI is InChI=1S/C27H25N3O5/c1-3-34-24-12-8-7-11-22(24)30-27(32)28-19-13-14-21-20(15-19)25(35-17-26(31)33-2)16-23(29-21)18-9-5-4-6-10-18/h4-16H,3,17H2,1-2H3,(H2,28,30,32). The van der Waals surface area contributed by atoms with Gasteiger partial charge in [-0.25, -0.2) is 14.6 Å². The smallest absolute Gasteiger partial charge is 0.343 e. The molecule has 8 heteroatoms. The highest BCUT2D eigenvalue weighted by atomic mass is 16.6. The van der Waals surface area contributed by atoms with E-state index in [0.29, 0.717) is 46.1 Å². The van der Waals surface area contributed by atoms with Gasteiger partial charge in [-0.05, 0) is 37.3 Å². The van der Waals surface area contributed by atoms with Gasteiger partial charge in [-0.1, -0.05) is 42.5 Å². The second-order valence-electron chi connectivity index (χ2n) is 7.48. The Morgan fingerprint density at radius 1 is 0.857 bits per heavy atom. The zero-order valence-electron chi connectivity index (χ0n) is 19.4. The molecule has 178 valence electrons. The lowest BCUT2D eigenvalue weighted by Crippen LogP contribution is -2.20. The van der Waals surface area contributed by atoms with Crippen molar-refractivity contribution in [1.82, 2.24) is 4.98 Å². The third kappa shape index (κ3) is 5.86. The van der Waals surface area contributed by atoms with E-state index < -0.39 is 12.0 Å². The van der Waals surface area contributed by atoms with Gasteiger partial charge >= 0.3 is 12.0 Å². The van der Waals surface area contributed by atoms with Crippen molar-refractivity contribution in [3.05, 3.63) is 78.9 Å². The molecule has 0 aliphatic rings. The molecule has 35 heavy (non-hydrogen) atoms. The van der Waals surface area contributed by atoms with Crippen LogP contribution in [0.2, 0.25) is 0 Å². The number of hydrogen-bond acceptors (Lipinski definition) is 6. The molecule has 0 bridgehead atoms. The lowest BCUT2D eigenvalue weighted by atomic mass is 10.1. The maximum atomic E-state index is 12.7. The number of para-hydroxylation sites is 2. The first kappa shape index (κ1) is 23.6. The highest BCUT2D eigenvalue weighted by Gasteiger charge is 2.13. The first-order valence-corrected chi connectivity index (χ1v) is 11.1. The van der Waals surface area contributed by atoms with Crippen LogP contribution in [-0.4, -0.2) is 37.3 Å². The van der Waals surface area contributed by atoms with Crippen LogP contribution in [0.4, 0.5) is 16.2 Å². The van der Waals surface area contributed by atoms with E-state index in [2.05, 4.69) is 10.6 Å². The number of methoxy groups -OCH3 is 1. The number of ether oxygens (including phenoxy) is 3. The summed E-state index contributed by atoms with van der Waals surface area (Å²) < 4.78 is 16.0. The molecule has 0 saturated heterocycles. The Morgan fingerprint density at radius 3 is 2.40 bits per heavy atom. The van der Waals surface area contributed by atoms with E-state index in [4.69, 9.17) is 19.2 Å². The van der Waals surface area contributed by atoms with Gasteiger partial charge in [0.15, 0.2) is 6.61 Å². The average molecular weight is 472 g/mol. The van der Waals surface area contributed by atoms with Crippen molar-refractivity contribution in [3.63, 3.8) is 0 Å². The summed E-state index contributed by atoms with van der Waals surface area (Å²) in [4.78, 5) is 29.1. The molecule has 0 unspecified atom stereocenters. The number of fused-ring (bicyclic) bond motifs is 1. The molecule has 8 nitrogen and oxygen atoms in total. The molecule has 0 spiro atoms. The summed E-state index contributed by atoms with van der Waals surface area (Å²) in [5.74, 6) is 0.530. The van der Waals surface area contributed by atoms with Crippen molar-refractivity contribution in [1.29, 1.82) is 0 Å². The monoisotopic (exact) mass is 471 g/mol. The number of esters is 1.